The van der Waals surface area contributed by atoms with E-state index in [0.717, 1.165) is 0 Å². The lowest BCUT2D eigenvalue weighted by molar-refractivity contribution is -0.255. The van der Waals surface area contributed by atoms with Gasteiger partial charge in [0.25, 0.3) is 0 Å². The standard InChI is InChI=1S/C34H38O12/c1-20-17-26(15-16-27(42-22(3)35)28(43-23(4)36)18-30(37)40-20)44-31-19-29(45-33(38)24-11-7-5-8-12-24)32(21(2)41-31)46-34(39)25-13-9-6-10-14-25/h5-16,20-21,26-29,31-32H,17-19H2,1-4H3/b16-15+/t20-,21+,26-,27+,28+,29+,31-,32+/m1/s1. The largest absolute Gasteiger partial charge is 0.462 e. The van der Waals surface area contributed by atoms with Gasteiger partial charge in [-0.2, -0.15) is 0 Å². The first kappa shape index (κ1) is 34.3. The Hall–Kier alpha value is -4.55. The van der Waals surface area contributed by atoms with E-state index in [1.807, 2.05) is 0 Å². The first-order chi connectivity index (χ1) is 22.0. The molecule has 0 saturated carbocycles. The normalized spacial score (nSPS) is 28.9. The molecule has 12 nitrogen and oxygen atoms in total. The molecule has 2 aliphatic heterocycles. The predicted molar refractivity (Wildman–Crippen MR) is 160 cm³/mol. The molecule has 2 aromatic carbocycles. The van der Waals surface area contributed by atoms with Crippen LogP contribution in [0.1, 0.15) is 67.7 Å². The van der Waals surface area contributed by atoms with Crippen LogP contribution >= 0.6 is 0 Å². The van der Waals surface area contributed by atoms with Crippen LogP contribution in [0.5, 0.6) is 0 Å². The molecule has 1 saturated heterocycles. The second kappa shape index (κ2) is 16.1. The van der Waals surface area contributed by atoms with Crippen molar-refractivity contribution in [2.45, 2.75) is 96.0 Å². The van der Waals surface area contributed by atoms with Gasteiger partial charge in [0.1, 0.15) is 12.2 Å². The van der Waals surface area contributed by atoms with Gasteiger partial charge in [-0.3, -0.25) is 14.4 Å². The van der Waals surface area contributed by atoms with Crippen molar-refractivity contribution in [3.8, 4) is 0 Å². The Morgan fingerprint density at radius 2 is 1.30 bits per heavy atom. The quantitative estimate of drug-likeness (QED) is 0.233. The van der Waals surface area contributed by atoms with Crippen molar-refractivity contribution in [3.05, 3.63) is 83.9 Å². The van der Waals surface area contributed by atoms with E-state index in [4.69, 9.17) is 33.2 Å². The minimum absolute atomic E-state index is 0.00238. The Bertz CT molecular complexity index is 1390. The zero-order chi connectivity index (χ0) is 33.2. The Morgan fingerprint density at radius 1 is 0.717 bits per heavy atom. The van der Waals surface area contributed by atoms with Gasteiger partial charge in [-0.15, -0.1) is 0 Å². The molecule has 4 rings (SSSR count). The van der Waals surface area contributed by atoms with E-state index in [9.17, 15) is 24.0 Å². The summed E-state index contributed by atoms with van der Waals surface area (Å²) in [4.78, 5) is 62.3. The number of hydrogen-bond donors (Lipinski definition) is 0. The number of ether oxygens (including phenoxy) is 7. The van der Waals surface area contributed by atoms with E-state index in [-0.39, 0.29) is 19.3 Å². The van der Waals surface area contributed by atoms with Gasteiger partial charge < -0.3 is 33.2 Å². The van der Waals surface area contributed by atoms with E-state index < -0.39 is 78.9 Å². The molecule has 2 aliphatic rings. The highest BCUT2D eigenvalue weighted by atomic mass is 16.7. The van der Waals surface area contributed by atoms with Crippen molar-refractivity contribution in [2.75, 3.05) is 0 Å². The van der Waals surface area contributed by atoms with E-state index in [2.05, 4.69) is 0 Å². The van der Waals surface area contributed by atoms with Crippen LogP contribution in [0.25, 0.3) is 0 Å². The summed E-state index contributed by atoms with van der Waals surface area (Å²) in [5, 5.41) is 0. The van der Waals surface area contributed by atoms with Gasteiger partial charge in [0.15, 0.2) is 24.6 Å². The molecule has 12 heteroatoms. The molecule has 0 bridgehead atoms. The smallest absolute Gasteiger partial charge is 0.338 e. The molecule has 0 unspecified atom stereocenters. The highest BCUT2D eigenvalue weighted by Crippen LogP contribution is 2.30. The summed E-state index contributed by atoms with van der Waals surface area (Å²) in [5.41, 5.74) is 0.641. The second-order valence-corrected chi connectivity index (χ2v) is 11.1. The average Bonchev–Trinajstić information content (AvgIpc) is 3.00. The van der Waals surface area contributed by atoms with Crippen LogP contribution in [-0.4, -0.2) is 78.9 Å². The highest BCUT2D eigenvalue weighted by molar-refractivity contribution is 5.90. The van der Waals surface area contributed by atoms with Gasteiger partial charge >= 0.3 is 29.8 Å². The van der Waals surface area contributed by atoms with Crippen LogP contribution < -0.4 is 0 Å². The summed E-state index contributed by atoms with van der Waals surface area (Å²) in [6.45, 7) is 5.74. The van der Waals surface area contributed by atoms with Crippen LogP contribution in [0.3, 0.4) is 0 Å². The zero-order valence-electron chi connectivity index (χ0n) is 26.1. The van der Waals surface area contributed by atoms with Gasteiger partial charge in [0, 0.05) is 26.7 Å². The maximum absolute atomic E-state index is 13.1. The van der Waals surface area contributed by atoms with Crippen molar-refractivity contribution < 1.29 is 57.1 Å². The third-order valence-electron chi connectivity index (χ3n) is 7.23. The monoisotopic (exact) mass is 638 g/mol. The fourth-order valence-corrected chi connectivity index (χ4v) is 5.21. The molecule has 2 heterocycles. The minimum Gasteiger partial charge on any atom is -0.462 e. The van der Waals surface area contributed by atoms with Gasteiger partial charge in [-0.05, 0) is 44.2 Å². The first-order valence-electron chi connectivity index (χ1n) is 15.0. The molecule has 1 fully saturated rings. The Labute approximate surface area is 266 Å². The number of carbonyl (C=O) groups is 5. The van der Waals surface area contributed by atoms with Gasteiger partial charge in [-0.25, -0.2) is 9.59 Å². The molecule has 46 heavy (non-hydrogen) atoms. The topological polar surface area (TPSA) is 150 Å². The minimum atomic E-state index is -1.12. The lowest BCUT2D eigenvalue weighted by atomic mass is 10.0. The molecule has 0 aliphatic carbocycles. The number of benzene rings is 2. The van der Waals surface area contributed by atoms with E-state index in [1.54, 1.807) is 80.6 Å². The maximum atomic E-state index is 13.1. The summed E-state index contributed by atoms with van der Waals surface area (Å²) in [5.74, 6) is -3.18. The number of carbonyl (C=O) groups excluding carboxylic acids is 5. The van der Waals surface area contributed by atoms with Crippen LogP contribution in [0.15, 0.2) is 72.8 Å². The number of esters is 5. The van der Waals surface area contributed by atoms with Crippen molar-refractivity contribution in [1.29, 1.82) is 0 Å². The van der Waals surface area contributed by atoms with Crippen LogP contribution in [0.2, 0.25) is 0 Å². The van der Waals surface area contributed by atoms with E-state index in [1.165, 1.54) is 19.9 Å². The number of rotatable bonds is 8. The van der Waals surface area contributed by atoms with Gasteiger partial charge in [-0.1, -0.05) is 42.5 Å². The van der Waals surface area contributed by atoms with Crippen LogP contribution in [-0.2, 0) is 47.5 Å². The molecule has 0 aromatic heterocycles. The van der Waals surface area contributed by atoms with Crippen molar-refractivity contribution in [3.63, 3.8) is 0 Å². The molecule has 0 spiro atoms. The van der Waals surface area contributed by atoms with Gasteiger partial charge in [0.2, 0.25) is 0 Å². The summed E-state index contributed by atoms with van der Waals surface area (Å²) in [6, 6.07) is 16.8. The molecular formula is C34H38O12. The number of cyclic esters (lactones) is 1. The van der Waals surface area contributed by atoms with Crippen molar-refractivity contribution in [2.24, 2.45) is 0 Å². The first-order valence-corrected chi connectivity index (χ1v) is 15.0. The fraction of sp³-hybridized carbons (Fsp3) is 0.441. The highest BCUT2D eigenvalue weighted by Gasteiger charge is 2.43. The SMILES string of the molecule is CC(=O)O[C@H]1/C=C/[C@@H](O[C@@H]2C[C@H](OC(=O)c3ccccc3)[C@@H](OC(=O)c3ccccc3)[C@H](C)O2)C[C@@H](C)OC(=O)C[C@@H]1OC(C)=O. The zero-order valence-corrected chi connectivity index (χ0v) is 26.1. The van der Waals surface area contributed by atoms with E-state index in [0.29, 0.717) is 11.1 Å². The van der Waals surface area contributed by atoms with Gasteiger partial charge in [0.05, 0.1) is 29.8 Å². The lowest BCUT2D eigenvalue weighted by Crippen LogP contribution is -2.52. The molecule has 0 radical (unpaired) electrons. The third-order valence-corrected chi connectivity index (χ3v) is 7.23. The Balaban J connectivity index is 1.56. The maximum Gasteiger partial charge on any atom is 0.338 e. The molecular weight excluding hydrogens is 600 g/mol. The average molecular weight is 639 g/mol. The van der Waals surface area contributed by atoms with Crippen molar-refractivity contribution >= 4 is 29.8 Å². The van der Waals surface area contributed by atoms with E-state index >= 15 is 0 Å². The predicted octanol–water partition coefficient (Wildman–Crippen LogP) is 4.10. The van der Waals surface area contributed by atoms with Crippen molar-refractivity contribution in [1.82, 2.24) is 0 Å². The molecule has 0 amide bonds. The van der Waals surface area contributed by atoms with Crippen LogP contribution in [0.4, 0.5) is 0 Å². The summed E-state index contributed by atoms with van der Waals surface area (Å²) >= 11 is 0. The summed E-state index contributed by atoms with van der Waals surface area (Å²) in [7, 11) is 0. The van der Waals surface area contributed by atoms with Crippen LogP contribution in [0, 0.1) is 0 Å². The summed E-state index contributed by atoms with van der Waals surface area (Å²) < 4.78 is 40.2. The number of hydrogen-bond acceptors (Lipinski definition) is 12. The molecule has 8 atom stereocenters. The molecule has 246 valence electrons. The third kappa shape index (κ3) is 9.98. The second-order valence-electron chi connectivity index (χ2n) is 11.1. The summed E-state index contributed by atoms with van der Waals surface area (Å²) in [6.07, 6.45) is -4.22. The lowest BCUT2D eigenvalue weighted by Gasteiger charge is -2.40. The fourth-order valence-electron chi connectivity index (χ4n) is 5.21. The molecule has 0 N–H and O–H groups in total. The Kier molecular flexibility index (Phi) is 12.0. The Morgan fingerprint density at radius 3 is 1.89 bits per heavy atom. The molecule has 2 aromatic rings.